The molecule has 0 radical (unpaired) electrons. The average Bonchev–Trinajstić information content (AvgIpc) is 2.97. The number of primary amides is 1. The van der Waals surface area contributed by atoms with Crippen LogP contribution in [0.4, 0.5) is 0 Å². The number of nitrogens with one attached hydrogen (secondary N) is 3. The van der Waals surface area contributed by atoms with E-state index in [0.29, 0.717) is 0 Å². The highest BCUT2D eigenvalue weighted by Crippen LogP contribution is 2.25. The van der Waals surface area contributed by atoms with E-state index >= 15 is 0 Å². The molecule has 48 heavy (non-hydrogen) atoms. The van der Waals surface area contributed by atoms with Gasteiger partial charge >= 0.3 is 0 Å². The van der Waals surface area contributed by atoms with Crippen molar-refractivity contribution < 1.29 is 29.1 Å². The lowest BCUT2D eigenvalue weighted by atomic mass is 9.95. The number of hydrogen-bond donors (Lipinski definition) is 8. The number of nitrogens with two attached hydrogens (primary N) is 2. The van der Waals surface area contributed by atoms with Crippen molar-refractivity contribution in [1.82, 2.24) is 20.9 Å². The zero-order valence-corrected chi connectivity index (χ0v) is 30.5. The summed E-state index contributed by atoms with van der Waals surface area (Å²) in [6, 6.07) is 7.82. The van der Waals surface area contributed by atoms with Crippen molar-refractivity contribution in [2.24, 2.45) is 11.5 Å². The van der Waals surface area contributed by atoms with E-state index < -0.39 is 69.7 Å². The van der Waals surface area contributed by atoms with Crippen molar-refractivity contribution in [2.45, 2.75) is 95.0 Å². The smallest absolute Gasteiger partial charge is 0.246 e. The normalized spacial score (nSPS) is 14.2. The Bertz CT molecular complexity index is 1450. The average molecular weight is 703 g/mol. The number of nitrogens with zero attached hydrogens (tertiary/aromatic N) is 1. The predicted molar refractivity (Wildman–Crippen MR) is 193 cm³/mol. The third-order valence-electron chi connectivity index (χ3n) is 7.91. The van der Waals surface area contributed by atoms with Crippen LogP contribution >= 0.6 is 25.3 Å². The highest BCUT2D eigenvalue weighted by molar-refractivity contribution is 7.82. The maximum Gasteiger partial charge on any atom is 0.246 e. The van der Waals surface area contributed by atoms with Gasteiger partial charge < -0.3 is 37.4 Å². The zero-order chi connectivity index (χ0) is 36.6. The minimum Gasteiger partial charge on any atom is -0.508 e. The van der Waals surface area contributed by atoms with Crippen LogP contribution < -0.4 is 27.4 Å². The molecule has 0 bridgehead atoms. The molecule has 0 saturated heterocycles. The first-order valence-electron chi connectivity index (χ1n) is 15.7. The lowest BCUT2D eigenvalue weighted by Crippen LogP contribution is -2.62. The summed E-state index contributed by atoms with van der Waals surface area (Å²) in [5.74, 6) is -3.13. The summed E-state index contributed by atoms with van der Waals surface area (Å²) < 4.78 is -2.03. The van der Waals surface area contributed by atoms with Gasteiger partial charge in [0.2, 0.25) is 29.5 Å². The molecule has 0 saturated carbocycles. The molecule has 12 nitrogen and oxygen atoms in total. The van der Waals surface area contributed by atoms with Crippen molar-refractivity contribution in [3.63, 3.8) is 0 Å². The zero-order valence-electron chi connectivity index (χ0n) is 28.7. The molecular formula is C34H50N6O6S2. The fraction of sp³-hybridized carbons (Fsp3) is 0.500. The fourth-order valence-electron chi connectivity index (χ4n) is 5.53. The Hall–Kier alpha value is -3.75. The first-order chi connectivity index (χ1) is 22.2. The summed E-state index contributed by atoms with van der Waals surface area (Å²) in [5.41, 5.74) is 15.0. The standard InChI is InChI=1S/C34H50N6O6S2/c1-8-40(28(29(36)43)34(6,7)48)32(46)25(16-21-12-10-9-11-13-21)38-26(42)18-37-31(45)27(33(4,5)47)39-30(44)24(35)17-23-19(2)14-22(41)15-20(23)3/h9-15,24-25,27-28,41,47-48H,8,16-18,35H2,1-7H3,(H2,36,43)(H,37,45)(H,38,42)(H,39,44)/t24-,25-,27-,28-/m0/s1. The van der Waals surface area contributed by atoms with Gasteiger partial charge in [-0.1, -0.05) is 30.3 Å². The quantitative estimate of drug-likeness (QED) is 0.121. The summed E-state index contributed by atoms with van der Waals surface area (Å²) in [6.45, 7) is 11.5. The third-order valence-corrected chi connectivity index (χ3v) is 8.41. The van der Waals surface area contributed by atoms with E-state index in [2.05, 4.69) is 41.2 Å². The number of phenolic OH excluding ortho intramolecular Hbond substituents is 1. The molecule has 8 N–H and O–H groups in total. The van der Waals surface area contributed by atoms with Gasteiger partial charge in [0.05, 0.1) is 12.6 Å². The van der Waals surface area contributed by atoms with Gasteiger partial charge in [0.25, 0.3) is 0 Å². The summed E-state index contributed by atoms with van der Waals surface area (Å²) >= 11 is 9.01. The van der Waals surface area contributed by atoms with Gasteiger partial charge in [-0.15, -0.1) is 0 Å². The highest BCUT2D eigenvalue weighted by Gasteiger charge is 2.40. The Morgan fingerprint density at radius 3 is 1.94 bits per heavy atom. The lowest BCUT2D eigenvalue weighted by Gasteiger charge is -2.38. The van der Waals surface area contributed by atoms with Crippen LogP contribution in [0.2, 0.25) is 0 Å². The number of carbonyl (C=O) groups excluding carboxylic acids is 5. The molecular weight excluding hydrogens is 653 g/mol. The number of thiol groups is 2. The monoisotopic (exact) mass is 702 g/mol. The number of aromatic hydroxyl groups is 1. The second kappa shape index (κ2) is 17.1. The first-order valence-corrected chi connectivity index (χ1v) is 16.6. The summed E-state index contributed by atoms with van der Waals surface area (Å²) in [4.78, 5) is 67.3. The van der Waals surface area contributed by atoms with Crippen molar-refractivity contribution in [1.29, 1.82) is 0 Å². The molecule has 14 heteroatoms. The molecule has 0 aliphatic rings. The van der Waals surface area contributed by atoms with Gasteiger partial charge in [0.1, 0.15) is 23.9 Å². The van der Waals surface area contributed by atoms with Crippen molar-refractivity contribution in [3.8, 4) is 5.75 Å². The van der Waals surface area contributed by atoms with E-state index in [1.165, 1.54) is 4.90 Å². The summed E-state index contributed by atoms with van der Waals surface area (Å²) in [6.07, 6.45) is 0.273. The Labute approximate surface area is 294 Å². The Morgan fingerprint density at radius 2 is 1.46 bits per heavy atom. The van der Waals surface area contributed by atoms with Crippen LogP contribution in [0.5, 0.6) is 5.75 Å². The molecule has 0 aromatic heterocycles. The minimum absolute atomic E-state index is 0.106. The Morgan fingerprint density at radius 1 is 0.896 bits per heavy atom. The van der Waals surface area contributed by atoms with E-state index in [0.717, 1.165) is 22.3 Å². The van der Waals surface area contributed by atoms with Crippen LogP contribution in [0.25, 0.3) is 0 Å². The van der Waals surface area contributed by atoms with E-state index in [4.69, 9.17) is 11.5 Å². The fourth-order valence-corrected chi connectivity index (χ4v) is 5.98. The number of benzene rings is 2. The number of hydrogen-bond acceptors (Lipinski definition) is 9. The van der Waals surface area contributed by atoms with E-state index in [1.807, 2.05) is 6.07 Å². The number of likely N-dealkylation sites (N-methyl/N-ethyl adjacent to an activating group) is 1. The molecule has 0 aliphatic carbocycles. The number of phenols is 1. The van der Waals surface area contributed by atoms with Crippen molar-refractivity contribution in [3.05, 3.63) is 64.7 Å². The van der Waals surface area contributed by atoms with Gasteiger partial charge in [0.15, 0.2) is 0 Å². The molecule has 0 heterocycles. The molecule has 0 aliphatic heterocycles. The molecule has 0 spiro atoms. The number of rotatable bonds is 16. The summed E-state index contributed by atoms with van der Waals surface area (Å²) in [7, 11) is 0. The van der Waals surface area contributed by atoms with Crippen LogP contribution in [0.15, 0.2) is 42.5 Å². The van der Waals surface area contributed by atoms with Crippen LogP contribution in [0.3, 0.4) is 0 Å². The third kappa shape index (κ3) is 11.4. The first kappa shape index (κ1) is 40.4. The summed E-state index contributed by atoms with van der Waals surface area (Å²) in [5, 5.41) is 17.7. The van der Waals surface area contributed by atoms with E-state index in [1.54, 1.807) is 84.9 Å². The SMILES string of the molecule is CCN(C(=O)[C@H](Cc1ccccc1)NC(=O)CNC(=O)[C@H](NC(=O)[C@@H](N)Cc1c(C)cc(O)cc1C)C(C)(C)S)[C@@H](C(N)=O)C(C)(C)S. The topological polar surface area (TPSA) is 197 Å². The molecule has 264 valence electrons. The van der Waals surface area contributed by atoms with Crippen LogP contribution in [-0.4, -0.2) is 86.3 Å². The van der Waals surface area contributed by atoms with Crippen LogP contribution in [0.1, 0.15) is 56.9 Å². The molecule has 4 atom stereocenters. The molecule has 2 aromatic rings. The molecule has 2 rings (SSSR count). The van der Waals surface area contributed by atoms with Gasteiger partial charge in [0, 0.05) is 22.5 Å². The number of carbonyl (C=O) groups is 5. The molecule has 2 aromatic carbocycles. The highest BCUT2D eigenvalue weighted by atomic mass is 32.1. The van der Waals surface area contributed by atoms with Gasteiger partial charge in [-0.2, -0.15) is 25.3 Å². The van der Waals surface area contributed by atoms with Crippen LogP contribution in [0, 0.1) is 13.8 Å². The lowest BCUT2D eigenvalue weighted by molar-refractivity contribution is -0.143. The predicted octanol–water partition coefficient (Wildman–Crippen LogP) is 1.33. The second-order valence-corrected chi connectivity index (χ2v) is 15.4. The Balaban J connectivity index is 2.20. The van der Waals surface area contributed by atoms with E-state index in [9.17, 15) is 29.1 Å². The van der Waals surface area contributed by atoms with Gasteiger partial charge in [-0.25, -0.2) is 0 Å². The molecule has 5 amide bonds. The number of amides is 5. The van der Waals surface area contributed by atoms with Gasteiger partial charge in [-0.3, -0.25) is 24.0 Å². The Kier molecular flexibility index (Phi) is 14.4. The van der Waals surface area contributed by atoms with Crippen molar-refractivity contribution >= 4 is 54.8 Å². The van der Waals surface area contributed by atoms with Crippen LogP contribution in [-0.2, 0) is 36.8 Å². The minimum atomic E-state index is -1.18. The number of aryl methyl sites for hydroxylation is 2. The second-order valence-electron chi connectivity index (χ2n) is 13.1. The molecule has 0 unspecified atom stereocenters. The van der Waals surface area contributed by atoms with Gasteiger partial charge in [-0.05, 0) is 89.3 Å². The van der Waals surface area contributed by atoms with E-state index in [-0.39, 0.29) is 25.1 Å². The largest absolute Gasteiger partial charge is 0.508 e. The molecule has 0 fully saturated rings. The maximum atomic E-state index is 13.9. The van der Waals surface area contributed by atoms with Crippen molar-refractivity contribution in [2.75, 3.05) is 13.1 Å². The maximum absolute atomic E-state index is 13.9.